The smallest absolute Gasteiger partial charge is 0.305 e. The van der Waals surface area contributed by atoms with Crippen LogP contribution >= 0.6 is 0 Å². The van der Waals surface area contributed by atoms with Gasteiger partial charge >= 0.3 is 5.97 Å². The second kappa shape index (κ2) is 10.9. The van der Waals surface area contributed by atoms with Gasteiger partial charge in [0.05, 0.1) is 18.6 Å². The van der Waals surface area contributed by atoms with Crippen molar-refractivity contribution in [2.75, 3.05) is 0 Å². The van der Waals surface area contributed by atoms with Crippen LogP contribution in [0.15, 0.2) is 36.5 Å². The Morgan fingerprint density at radius 1 is 1.16 bits per heavy atom. The number of benzene rings is 1. The lowest BCUT2D eigenvalue weighted by Gasteiger charge is -2.27. The highest BCUT2D eigenvalue weighted by Gasteiger charge is 2.24. The van der Waals surface area contributed by atoms with Crippen molar-refractivity contribution in [1.82, 2.24) is 4.57 Å². The minimum absolute atomic E-state index is 0.0466. The van der Waals surface area contributed by atoms with Gasteiger partial charge in [0.2, 0.25) is 0 Å². The van der Waals surface area contributed by atoms with Crippen LogP contribution in [0.25, 0.3) is 17.2 Å². The highest BCUT2D eigenvalue weighted by molar-refractivity contribution is 5.77. The third-order valence-electron chi connectivity index (χ3n) is 6.19. The molecule has 6 heteroatoms. The molecule has 3 N–H and O–H groups in total. The van der Waals surface area contributed by atoms with Gasteiger partial charge in [-0.25, -0.2) is 4.39 Å². The maximum absolute atomic E-state index is 13.6. The van der Waals surface area contributed by atoms with E-state index < -0.39 is 24.6 Å². The molecule has 0 spiro atoms. The summed E-state index contributed by atoms with van der Waals surface area (Å²) in [4.78, 5) is 10.8. The van der Waals surface area contributed by atoms with Crippen molar-refractivity contribution in [2.45, 2.75) is 83.0 Å². The molecule has 0 amide bonds. The van der Waals surface area contributed by atoms with Crippen LogP contribution in [-0.2, 0) is 4.79 Å². The Hall–Kier alpha value is -2.44. The molecule has 0 bridgehead atoms. The average Bonchev–Trinajstić information content (AvgIpc) is 3.12. The second-order valence-corrected chi connectivity index (χ2v) is 9.12. The monoisotopic (exact) mass is 443 g/mol. The number of carboxylic acid groups (broad SMARTS) is 1. The summed E-state index contributed by atoms with van der Waals surface area (Å²) in [6.45, 7) is 4.29. The van der Waals surface area contributed by atoms with Crippen molar-refractivity contribution in [3.63, 3.8) is 0 Å². The molecule has 1 heterocycles. The summed E-state index contributed by atoms with van der Waals surface area (Å²) in [5.41, 5.74) is 4.03. The minimum Gasteiger partial charge on any atom is -0.481 e. The standard InChI is InChI=1S/C26H34FNO4/c1-17(2)26-23(13-12-21(29)14-22(30)15-25(31)32)24(18-8-10-19(27)11-9-18)16-28(26)20-6-4-3-5-7-20/h8-13,16-17,20-22,29-30H,3-7,14-15H2,1-2H3,(H,31,32)/b13-12+/t21-,22+/m0/s1. The first-order valence-corrected chi connectivity index (χ1v) is 11.5. The normalized spacial score (nSPS) is 17.2. The lowest BCUT2D eigenvalue weighted by atomic mass is 9.94. The zero-order chi connectivity index (χ0) is 23.3. The molecule has 1 aromatic heterocycles. The van der Waals surface area contributed by atoms with Crippen LogP contribution in [0.5, 0.6) is 0 Å². The molecule has 0 radical (unpaired) electrons. The maximum atomic E-state index is 13.6. The van der Waals surface area contributed by atoms with E-state index in [1.807, 2.05) is 6.08 Å². The van der Waals surface area contributed by atoms with E-state index in [1.54, 1.807) is 18.2 Å². The van der Waals surface area contributed by atoms with Gasteiger partial charge in [-0.3, -0.25) is 4.79 Å². The van der Waals surface area contributed by atoms with Crippen LogP contribution in [0.2, 0.25) is 0 Å². The number of aliphatic carboxylic acids is 1. The van der Waals surface area contributed by atoms with Gasteiger partial charge in [-0.1, -0.05) is 57.4 Å². The summed E-state index contributed by atoms with van der Waals surface area (Å²) in [6, 6.07) is 6.86. The zero-order valence-electron chi connectivity index (χ0n) is 18.9. The number of nitrogens with zero attached hydrogens (tertiary/aromatic N) is 1. The summed E-state index contributed by atoms with van der Waals surface area (Å²) in [7, 11) is 0. The molecule has 0 unspecified atom stereocenters. The zero-order valence-corrected chi connectivity index (χ0v) is 18.9. The average molecular weight is 444 g/mol. The van der Waals surface area contributed by atoms with Crippen LogP contribution in [0.1, 0.15) is 82.0 Å². The van der Waals surface area contributed by atoms with Gasteiger partial charge in [0, 0.05) is 35.5 Å². The van der Waals surface area contributed by atoms with Crippen LogP contribution in [0.4, 0.5) is 4.39 Å². The van der Waals surface area contributed by atoms with Crippen LogP contribution in [0.3, 0.4) is 0 Å². The first kappa shape index (κ1) is 24.2. The Morgan fingerprint density at radius 2 is 1.81 bits per heavy atom. The summed E-state index contributed by atoms with van der Waals surface area (Å²) < 4.78 is 15.9. The number of carboxylic acids is 1. The van der Waals surface area contributed by atoms with Crippen LogP contribution < -0.4 is 0 Å². The van der Waals surface area contributed by atoms with Gasteiger partial charge in [0.25, 0.3) is 0 Å². The molecule has 174 valence electrons. The molecule has 32 heavy (non-hydrogen) atoms. The SMILES string of the molecule is CC(C)c1c(/C=C/[C@H](O)C[C@@H](O)CC(=O)O)c(-c2ccc(F)cc2)cn1C1CCCCC1. The molecule has 0 saturated heterocycles. The fraction of sp³-hybridized carbons (Fsp3) is 0.500. The van der Waals surface area contributed by atoms with Crippen molar-refractivity contribution < 1.29 is 24.5 Å². The van der Waals surface area contributed by atoms with Gasteiger partial charge in [-0.2, -0.15) is 0 Å². The van der Waals surface area contributed by atoms with E-state index in [1.165, 1.54) is 37.1 Å². The third kappa shape index (κ3) is 6.08. The molecule has 1 fully saturated rings. The molecule has 3 rings (SSSR count). The first-order valence-electron chi connectivity index (χ1n) is 11.5. The van der Waals surface area contributed by atoms with Crippen molar-refractivity contribution in [3.8, 4) is 11.1 Å². The Bertz CT molecular complexity index is 926. The number of hydrogen-bond acceptors (Lipinski definition) is 3. The molecular weight excluding hydrogens is 409 g/mol. The van der Waals surface area contributed by atoms with E-state index in [4.69, 9.17) is 5.11 Å². The molecule has 2 aromatic rings. The Balaban J connectivity index is 2.00. The summed E-state index contributed by atoms with van der Waals surface area (Å²) in [6.07, 6.45) is 9.04. The van der Waals surface area contributed by atoms with E-state index in [0.29, 0.717) is 6.04 Å². The predicted octanol–water partition coefficient (Wildman–Crippen LogP) is 5.52. The topological polar surface area (TPSA) is 82.7 Å². The lowest BCUT2D eigenvalue weighted by Crippen LogP contribution is -2.19. The fourth-order valence-electron chi connectivity index (χ4n) is 4.71. The summed E-state index contributed by atoms with van der Waals surface area (Å²) in [5.74, 6) is -1.15. The molecular formula is C26H34FNO4. The van der Waals surface area contributed by atoms with Crippen molar-refractivity contribution in [3.05, 3.63) is 53.6 Å². The number of aliphatic hydroxyl groups excluding tert-OH is 2. The number of rotatable bonds is 9. The Morgan fingerprint density at radius 3 is 2.41 bits per heavy atom. The fourth-order valence-corrected chi connectivity index (χ4v) is 4.71. The quantitative estimate of drug-likeness (QED) is 0.476. The molecule has 5 nitrogen and oxygen atoms in total. The van der Waals surface area contributed by atoms with Crippen molar-refractivity contribution >= 4 is 12.0 Å². The van der Waals surface area contributed by atoms with Gasteiger partial charge in [-0.05, 0) is 36.5 Å². The predicted molar refractivity (Wildman–Crippen MR) is 124 cm³/mol. The number of carbonyl (C=O) groups is 1. The van der Waals surface area contributed by atoms with Crippen molar-refractivity contribution in [1.29, 1.82) is 0 Å². The van der Waals surface area contributed by atoms with Crippen molar-refractivity contribution in [2.24, 2.45) is 0 Å². The van der Waals surface area contributed by atoms with E-state index in [-0.39, 0.29) is 18.2 Å². The second-order valence-electron chi connectivity index (χ2n) is 9.12. The molecule has 1 aliphatic carbocycles. The number of halogens is 1. The molecule has 1 aliphatic rings. The van der Waals surface area contributed by atoms with E-state index in [0.717, 1.165) is 29.5 Å². The summed E-state index contributed by atoms with van der Waals surface area (Å²) >= 11 is 0. The molecule has 1 saturated carbocycles. The first-order chi connectivity index (χ1) is 15.3. The van der Waals surface area contributed by atoms with Gasteiger partial charge in [0.1, 0.15) is 5.82 Å². The van der Waals surface area contributed by atoms with E-state index >= 15 is 0 Å². The number of hydrogen-bond donors (Lipinski definition) is 3. The number of aliphatic hydroxyl groups is 2. The molecule has 2 atom stereocenters. The van der Waals surface area contributed by atoms with E-state index in [9.17, 15) is 19.4 Å². The molecule has 1 aromatic carbocycles. The van der Waals surface area contributed by atoms with E-state index in [2.05, 4.69) is 24.6 Å². The lowest BCUT2D eigenvalue weighted by molar-refractivity contribution is -0.139. The summed E-state index contributed by atoms with van der Waals surface area (Å²) in [5, 5.41) is 29.1. The van der Waals surface area contributed by atoms with Crippen LogP contribution in [-0.4, -0.2) is 38.1 Å². The van der Waals surface area contributed by atoms with Gasteiger partial charge in [-0.15, -0.1) is 0 Å². The highest BCUT2D eigenvalue weighted by Crippen LogP contribution is 2.39. The van der Waals surface area contributed by atoms with Gasteiger partial charge in [0.15, 0.2) is 0 Å². The minimum atomic E-state index is -1.11. The maximum Gasteiger partial charge on any atom is 0.305 e. The van der Waals surface area contributed by atoms with Crippen LogP contribution in [0, 0.1) is 5.82 Å². The Kier molecular flexibility index (Phi) is 8.26. The van der Waals surface area contributed by atoms with Gasteiger partial charge < -0.3 is 19.9 Å². The number of aromatic nitrogens is 1. The largest absolute Gasteiger partial charge is 0.481 e. The third-order valence-corrected chi connectivity index (χ3v) is 6.19. The molecule has 0 aliphatic heterocycles. The Labute approximate surface area is 189 Å². The highest BCUT2D eigenvalue weighted by atomic mass is 19.1.